The summed E-state index contributed by atoms with van der Waals surface area (Å²) in [6.07, 6.45) is 10.8. The monoisotopic (exact) mass is 622 g/mol. The van der Waals surface area contributed by atoms with Gasteiger partial charge in [0.1, 0.15) is 0 Å². The number of allylic oxidation sites excluding steroid dienone is 1. The van der Waals surface area contributed by atoms with E-state index in [2.05, 4.69) is 63.6 Å². The van der Waals surface area contributed by atoms with Crippen LogP contribution in [0.4, 0.5) is 0 Å². The van der Waals surface area contributed by atoms with E-state index in [9.17, 15) is 0 Å². The molecule has 0 atom stereocenters. The minimum atomic E-state index is 0.426. The van der Waals surface area contributed by atoms with Crippen molar-refractivity contribution in [1.29, 1.82) is 0 Å². The Morgan fingerprint density at radius 2 is 1.59 bits per heavy atom. The fourth-order valence-electron chi connectivity index (χ4n) is 3.23. The predicted molar refractivity (Wildman–Crippen MR) is 127 cm³/mol. The van der Waals surface area contributed by atoms with Gasteiger partial charge >= 0.3 is 192 Å². The van der Waals surface area contributed by atoms with Crippen LogP contribution in [-0.2, 0) is 0 Å². The van der Waals surface area contributed by atoms with Crippen molar-refractivity contribution in [3.05, 3.63) is 49.6 Å². The van der Waals surface area contributed by atoms with Crippen LogP contribution in [0.2, 0.25) is 0 Å². The fraction of sp³-hybridized carbons (Fsp3) is 0.391. The van der Waals surface area contributed by atoms with Crippen LogP contribution in [0.25, 0.3) is 24.4 Å². The average molecular weight is 620 g/mol. The van der Waals surface area contributed by atoms with Gasteiger partial charge in [-0.1, -0.05) is 0 Å². The quantitative estimate of drug-likeness (QED) is 0.159. The maximum atomic E-state index is 4.41. The summed E-state index contributed by atoms with van der Waals surface area (Å²) in [7, 11) is 0. The van der Waals surface area contributed by atoms with Gasteiger partial charge in [-0.25, -0.2) is 0 Å². The van der Waals surface area contributed by atoms with E-state index in [1.54, 1.807) is 13.3 Å². The molecule has 0 amide bonds. The summed E-state index contributed by atoms with van der Waals surface area (Å²) in [6.45, 7) is 6.70. The molecule has 3 aromatic heterocycles. The third-order valence-electron chi connectivity index (χ3n) is 4.79. The first kappa shape index (κ1) is 21.9. The Kier molecular flexibility index (Phi) is 9.27. The summed E-state index contributed by atoms with van der Waals surface area (Å²) in [5.41, 5.74) is 2.90. The molecule has 0 aliphatic rings. The summed E-state index contributed by atoms with van der Waals surface area (Å²) < 4.78 is 7.56. The molecule has 0 radical (unpaired) electrons. The van der Waals surface area contributed by atoms with Crippen LogP contribution in [0.3, 0.4) is 0 Å². The molecule has 0 saturated heterocycles. The zero-order chi connectivity index (χ0) is 19.1. The summed E-state index contributed by atoms with van der Waals surface area (Å²) in [5, 5.41) is 0. The number of unbranched alkanes of at least 4 members (excludes halogenated alkanes) is 6. The zero-order valence-electron chi connectivity index (χ0n) is 15.9. The number of halogens is 1. The van der Waals surface area contributed by atoms with E-state index in [1.165, 1.54) is 71.4 Å². The maximum absolute atomic E-state index is 4.41. The minimum absolute atomic E-state index is 0.426. The molecule has 0 unspecified atom stereocenters. The molecule has 0 aliphatic carbocycles. The van der Waals surface area contributed by atoms with Crippen molar-refractivity contribution >= 4 is 65.0 Å². The molecule has 0 aromatic carbocycles. The molecule has 4 heteroatoms. The molecule has 3 rings (SSSR count). The summed E-state index contributed by atoms with van der Waals surface area (Å²) >= 11 is 5.17. The van der Waals surface area contributed by atoms with E-state index in [0.29, 0.717) is 43.5 Å². The summed E-state index contributed by atoms with van der Waals surface area (Å²) in [6, 6.07) is 9.33. The second-order valence-electron chi connectivity index (χ2n) is 6.90. The van der Waals surface area contributed by atoms with Crippen molar-refractivity contribution in [2.24, 2.45) is 0 Å². The molecule has 0 spiro atoms. The van der Waals surface area contributed by atoms with Crippen LogP contribution >= 0.6 is 15.9 Å². The van der Waals surface area contributed by atoms with Gasteiger partial charge in [-0.3, -0.25) is 0 Å². The zero-order valence-corrected chi connectivity index (χ0v) is 22.7. The van der Waals surface area contributed by atoms with Crippen LogP contribution in [0.15, 0.2) is 45.2 Å². The number of rotatable bonds is 11. The van der Waals surface area contributed by atoms with Crippen LogP contribution in [0.1, 0.15) is 62.7 Å². The Balaban J connectivity index is 1.57. The van der Waals surface area contributed by atoms with Crippen molar-refractivity contribution in [1.82, 2.24) is 0 Å². The Morgan fingerprint density at radius 3 is 2.33 bits per heavy atom. The molecular formula is C23H27BrSe3. The Bertz CT molecular complexity index is 852. The Hall–Kier alpha value is 0.218. The van der Waals surface area contributed by atoms with Gasteiger partial charge in [0, 0.05) is 0 Å². The van der Waals surface area contributed by atoms with Gasteiger partial charge in [0.25, 0.3) is 0 Å². The Morgan fingerprint density at radius 1 is 0.889 bits per heavy atom. The first-order valence-electron chi connectivity index (χ1n) is 9.80. The molecule has 0 bridgehead atoms. The number of hydrogen-bond donors (Lipinski definition) is 0. The molecule has 0 N–H and O–H groups in total. The fourth-order valence-corrected chi connectivity index (χ4v) is 11.6. The van der Waals surface area contributed by atoms with Gasteiger partial charge < -0.3 is 0 Å². The van der Waals surface area contributed by atoms with Crippen LogP contribution in [0, 0.1) is 0 Å². The SMILES string of the molecule is C=C(CCCCCCCCC)c1ccc(-c2cc[se]c2-c2[se]ccc2Br)[se]1. The molecule has 3 aromatic rings. The van der Waals surface area contributed by atoms with E-state index < -0.39 is 0 Å². The van der Waals surface area contributed by atoms with Crippen molar-refractivity contribution in [3.8, 4) is 18.9 Å². The van der Waals surface area contributed by atoms with Gasteiger partial charge in [0.15, 0.2) is 0 Å². The molecule has 3 heterocycles. The molecular weight excluding hydrogens is 593 g/mol. The van der Waals surface area contributed by atoms with Crippen LogP contribution in [-0.4, -0.2) is 43.5 Å². The third-order valence-corrected chi connectivity index (χ3v) is 13.2. The van der Waals surface area contributed by atoms with Gasteiger partial charge in [-0.15, -0.1) is 0 Å². The third kappa shape index (κ3) is 6.10. The second kappa shape index (κ2) is 11.4. The van der Waals surface area contributed by atoms with Gasteiger partial charge in [-0.2, -0.15) is 0 Å². The molecule has 0 fully saturated rings. The van der Waals surface area contributed by atoms with E-state index in [4.69, 9.17) is 0 Å². The first-order chi connectivity index (χ1) is 13.2. The van der Waals surface area contributed by atoms with E-state index in [-0.39, 0.29) is 0 Å². The standard InChI is InChI=1S/C23H27BrSe3/c1-3-4-5-6-7-8-9-10-17(2)20-11-12-21(27-20)18-13-15-25-22(18)23-19(24)14-16-26-23/h11-16H,2-10H2,1H3. The molecule has 0 saturated carbocycles. The van der Waals surface area contributed by atoms with Crippen molar-refractivity contribution in [2.45, 2.75) is 58.3 Å². The van der Waals surface area contributed by atoms with Gasteiger partial charge in [0.05, 0.1) is 0 Å². The molecule has 0 aliphatic heterocycles. The molecule has 144 valence electrons. The van der Waals surface area contributed by atoms with Crippen LogP contribution in [0.5, 0.6) is 0 Å². The molecule has 0 nitrogen and oxygen atoms in total. The van der Waals surface area contributed by atoms with Crippen LogP contribution < -0.4 is 0 Å². The summed E-state index contributed by atoms with van der Waals surface area (Å²) in [4.78, 5) is 4.72. The topological polar surface area (TPSA) is 0 Å². The predicted octanol–water partition coefficient (Wildman–Crippen LogP) is 7.11. The van der Waals surface area contributed by atoms with Crippen molar-refractivity contribution in [3.63, 3.8) is 0 Å². The van der Waals surface area contributed by atoms with Crippen molar-refractivity contribution in [2.75, 3.05) is 0 Å². The average Bonchev–Trinajstić information content (AvgIpc) is 3.40. The van der Waals surface area contributed by atoms with E-state index >= 15 is 0 Å². The summed E-state index contributed by atoms with van der Waals surface area (Å²) in [5.74, 6) is 0. The van der Waals surface area contributed by atoms with Crippen molar-refractivity contribution < 1.29 is 0 Å². The first-order valence-corrected chi connectivity index (χ1v) is 16.0. The van der Waals surface area contributed by atoms with E-state index in [0.717, 1.165) is 0 Å². The Labute approximate surface area is 190 Å². The van der Waals surface area contributed by atoms with E-state index in [1.807, 2.05) is 0 Å². The normalized spacial score (nSPS) is 11.2. The van der Waals surface area contributed by atoms with Gasteiger partial charge in [-0.05, 0) is 0 Å². The molecule has 27 heavy (non-hydrogen) atoms. The number of hydrogen-bond acceptors (Lipinski definition) is 0. The second-order valence-corrected chi connectivity index (χ2v) is 13.9. The van der Waals surface area contributed by atoms with Gasteiger partial charge in [0.2, 0.25) is 0 Å².